The third kappa shape index (κ3) is 4.19. The van der Waals surface area contributed by atoms with Crippen LogP contribution in [-0.4, -0.2) is 37.6 Å². The number of carbonyl (C=O) groups is 1. The van der Waals surface area contributed by atoms with Crippen LogP contribution in [0.4, 0.5) is 8.78 Å². The number of aryl methyl sites for hydroxylation is 1. The molecule has 10 heteroatoms. The number of nitrogens with one attached hydrogen (secondary N) is 1. The highest BCUT2D eigenvalue weighted by molar-refractivity contribution is 7.89. The maximum absolute atomic E-state index is 13.6. The molecule has 0 aliphatic carbocycles. The average molecular weight is 437 g/mol. The summed E-state index contributed by atoms with van der Waals surface area (Å²) in [6.07, 6.45) is 0. The number of para-hydroxylation sites is 2. The Morgan fingerprint density at radius 2 is 1.93 bits per heavy atom. The lowest BCUT2D eigenvalue weighted by atomic mass is 10.1. The molecule has 2 aromatic carbocycles. The van der Waals surface area contributed by atoms with E-state index in [1.54, 1.807) is 32.0 Å². The van der Waals surface area contributed by atoms with Gasteiger partial charge >= 0.3 is 12.5 Å². The third-order valence-corrected chi connectivity index (χ3v) is 6.30. The van der Waals surface area contributed by atoms with Crippen LogP contribution in [0, 0.1) is 6.92 Å². The number of rotatable bonds is 7. The van der Waals surface area contributed by atoms with Crippen molar-refractivity contribution in [3.63, 3.8) is 0 Å². The largest absolute Gasteiger partial charge is 0.465 e. The van der Waals surface area contributed by atoms with Crippen molar-refractivity contribution in [3.05, 3.63) is 59.4 Å². The number of esters is 1. The Balaban J connectivity index is 1.88. The van der Waals surface area contributed by atoms with E-state index in [-0.39, 0.29) is 28.3 Å². The summed E-state index contributed by atoms with van der Waals surface area (Å²) in [5.41, 5.74) is 1.21. The number of nitrogens with zero attached hydrogens (tertiary/aromatic N) is 2. The monoisotopic (exact) mass is 437 g/mol. The highest BCUT2D eigenvalue weighted by Gasteiger charge is 2.25. The van der Waals surface area contributed by atoms with E-state index in [0.29, 0.717) is 11.1 Å². The van der Waals surface area contributed by atoms with Crippen molar-refractivity contribution in [2.24, 2.45) is 0 Å². The lowest BCUT2D eigenvalue weighted by molar-refractivity contribution is 0.0600. The van der Waals surface area contributed by atoms with Gasteiger partial charge in [0.15, 0.2) is 0 Å². The molecule has 1 unspecified atom stereocenters. The van der Waals surface area contributed by atoms with Gasteiger partial charge in [0.1, 0.15) is 5.82 Å². The Kier molecular flexibility index (Phi) is 6.18. The minimum atomic E-state index is -4.00. The number of aromatic nitrogens is 2. The molecule has 1 heterocycles. The number of ether oxygens (including phenoxy) is 1. The van der Waals surface area contributed by atoms with E-state index in [0.717, 1.165) is 4.57 Å². The Morgan fingerprint density at radius 3 is 2.60 bits per heavy atom. The van der Waals surface area contributed by atoms with Crippen LogP contribution in [-0.2, 0) is 14.8 Å². The van der Waals surface area contributed by atoms with E-state index in [1.165, 1.54) is 31.4 Å². The summed E-state index contributed by atoms with van der Waals surface area (Å²) >= 11 is 0. The van der Waals surface area contributed by atoms with Crippen LogP contribution in [0.2, 0.25) is 0 Å². The zero-order valence-electron chi connectivity index (χ0n) is 16.6. The van der Waals surface area contributed by atoms with Crippen LogP contribution in [0.1, 0.15) is 41.1 Å². The quantitative estimate of drug-likeness (QED) is 0.571. The highest BCUT2D eigenvalue weighted by Crippen LogP contribution is 2.27. The van der Waals surface area contributed by atoms with Gasteiger partial charge in [-0.2, -0.15) is 8.78 Å². The van der Waals surface area contributed by atoms with E-state index in [1.807, 2.05) is 0 Å². The fraction of sp³-hybridized carbons (Fsp3) is 0.300. The number of hydrogen-bond acceptors (Lipinski definition) is 5. The second kappa shape index (κ2) is 8.49. The first-order valence-corrected chi connectivity index (χ1v) is 10.6. The SMILES string of the molecule is COC(=O)c1ccc(C)c(S(=O)(=O)NCC(C)c2nc3ccccc3n2C(F)F)c1. The standard InChI is InChI=1S/C20H21F2N3O4S/c1-12-8-9-14(19(26)29-3)10-17(12)30(27,28)23-11-13(2)18-24-15-6-4-5-7-16(15)25(18)20(21)22/h4-10,13,20,23H,11H2,1-3H3. The summed E-state index contributed by atoms with van der Waals surface area (Å²) in [4.78, 5) is 15.9. The molecule has 1 N–H and O–H groups in total. The van der Waals surface area contributed by atoms with Gasteiger partial charge < -0.3 is 4.74 Å². The lowest BCUT2D eigenvalue weighted by Gasteiger charge is -2.16. The number of alkyl halides is 2. The summed E-state index contributed by atoms with van der Waals surface area (Å²) in [6.45, 7) is 0.237. The lowest BCUT2D eigenvalue weighted by Crippen LogP contribution is -2.29. The minimum Gasteiger partial charge on any atom is -0.465 e. The van der Waals surface area contributed by atoms with Crippen LogP contribution in [0.5, 0.6) is 0 Å². The molecule has 30 heavy (non-hydrogen) atoms. The van der Waals surface area contributed by atoms with Crippen molar-refractivity contribution in [2.45, 2.75) is 31.2 Å². The zero-order valence-corrected chi connectivity index (χ0v) is 17.4. The molecule has 0 spiro atoms. The Labute approximate surface area is 172 Å². The predicted octanol–water partition coefficient (Wildman–Crippen LogP) is 3.61. The van der Waals surface area contributed by atoms with Crippen molar-refractivity contribution in [2.75, 3.05) is 13.7 Å². The number of benzene rings is 2. The topological polar surface area (TPSA) is 90.3 Å². The molecule has 160 valence electrons. The Bertz CT molecular complexity index is 1190. The molecule has 3 aromatic rings. The van der Waals surface area contributed by atoms with Crippen molar-refractivity contribution in [1.82, 2.24) is 14.3 Å². The molecule has 0 fully saturated rings. The fourth-order valence-corrected chi connectivity index (χ4v) is 4.55. The Hall–Kier alpha value is -2.85. The summed E-state index contributed by atoms with van der Waals surface area (Å²) < 4.78 is 60.7. The summed E-state index contributed by atoms with van der Waals surface area (Å²) in [5.74, 6) is -1.22. The van der Waals surface area contributed by atoms with E-state index in [2.05, 4.69) is 14.4 Å². The van der Waals surface area contributed by atoms with Gasteiger partial charge in [-0.05, 0) is 36.8 Å². The van der Waals surface area contributed by atoms with Crippen LogP contribution < -0.4 is 4.72 Å². The molecule has 1 aromatic heterocycles. The Morgan fingerprint density at radius 1 is 1.23 bits per heavy atom. The predicted molar refractivity (Wildman–Crippen MR) is 107 cm³/mol. The van der Waals surface area contributed by atoms with E-state index in [4.69, 9.17) is 0 Å². The molecule has 0 radical (unpaired) electrons. The second-order valence-corrected chi connectivity index (χ2v) is 8.57. The number of methoxy groups -OCH3 is 1. The number of hydrogen-bond donors (Lipinski definition) is 1. The van der Waals surface area contributed by atoms with Crippen LogP contribution in [0.25, 0.3) is 11.0 Å². The van der Waals surface area contributed by atoms with Gasteiger partial charge in [0.25, 0.3) is 0 Å². The fourth-order valence-electron chi connectivity index (χ4n) is 3.15. The number of fused-ring (bicyclic) bond motifs is 1. The molecular weight excluding hydrogens is 416 g/mol. The van der Waals surface area contributed by atoms with Crippen molar-refractivity contribution in [3.8, 4) is 0 Å². The smallest absolute Gasteiger partial charge is 0.337 e. The summed E-state index contributed by atoms with van der Waals surface area (Å²) in [5, 5.41) is 0. The molecule has 0 amide bonds. The molecule has 0 bridgehead atoms. The molecule has 0 aliphatic rings. The first-order valence-electron chi connectivity index (χ1n) is 9.09. The first-order chi connectivity index (χ1) is 14.2. The normalized spacial score (nSPS) is 13.0. The second-order valence-electron chi connectivity index (χ2n) is 6.83. The van der Waals surface area contributed by atoms with Crippen molar-refractivity contribution < 1.29 is 26.7 Å². The van der Waals surface area contributed by atoms with Gasteiger partial charge in [-0.1, -0.05) is 25.1 Å². The van der Waals surface area contributed by atoms with Crippen LogP contribution in [0.15, 0.2) is 47.4 Å². The molecular formula is C20H21F2N3O4S. The van der Waals surface area contributed by atoms with Gasteiger partial charge in [0.2, 0.25) is 10.0 Å². The number of sulfonamides is 1. The van der Waals surface area contributed by atoms with E-state index < -0.39 is 28.5 Å². The third-order valence-electron chi connectivity index (χ3n) is 4.74. The summed E-state index contributed by atoms with van der Waals surface area (Å²) in [7, 11) is -2.80. The highest BCUT2D eigenvalue weighted by atomic mass is 32.2. The maximum atomic E-state index is 13.6. The molecule has 0 aliphatic heterocycles. The average Bonchev–Trinajstić information content (AvgIpc) is 3.11. The molecule has 7 nitrogen and oxygen atoms in total. The maximum Gasteiger partial charge on any atom is 0.337 e. The van der Waals surface area contributed by atoms with Crippen LogP contribution >= 0.6 is 0 Å². The molecule has 0 saturated heterocycles. The number of imidazole rings is 1. The summed E-state index contributed by atoms with van der Waals surface area (Å²) in [6, 6.07) is 10.7. The molecule has 1 atom stereocenters. The van der Waals surface area contributed by atoms with Gasteiger partial charge in [-0.25, -0.2) is 22.9 Å². The zero-order chi connectivity index (χ0) is 22.1. The first kappa shape index (κ1) is 21.8. The van der Waals surface area contributed by atoms with Gasteiger partial charge in [-0.15, -0.1) is 0 Å². The van der Waals surface area contributed by atoms with Gasteiger partial charge in [0, 0.05) is 12.5 Å². The van der Waals surface area contributed by atoms with E-state index >= 15 is 0 Å². The molecule has 0 saturated carbocycles. The van der Waals surface area contributed by atoms with Crippen molar-refractivity contribution in [1.29, 1.82) is 0 Å². The number of carbonyl (C=O) groups excluding carboxylic acids is 1. The van der Waals surface area contributed by atoms with Gasteiger partial charge in [0.05, 0.1) is 28.6 Å². The van der Waals surface area contributed by atoms with Gasteiger partial charge in [-0.3, -0.25) is 4.57 Å². The minimum absolute atomic E-state index is 0.0777. The van der Waals surface area contributed by atoms with Crippen LogP contribution in [0.3, 0.4) is 0 Å². The van der Waals surface area contributed by atoms with Crippen molar-refractivity contribution >= 4 is 27.0 Å². The number of halogens is 2. The molecule has 3 rings (SSSR count). The van der Waals surface area contributed by atoms with E-state index in [9.17, 15) is 22.0 Å².